The lowest BCUT2D eigenvalue weighted by Crippen LogP contribution is -2.42. The van der Waals surface area contributed by atoms with Crippen LogP contribution >= 0.6 is 0 Å². The van der Waals surface area contributed by atoms with Gasteiger partial charge in [-0.15, -0.1) is 0 Å². The third-order valence-corrected chi connectivity index (χ3v) is 5.59. The van der Waals surface area contributed by atoms with Crippen LogP contribution in [-0.4, -0.2) is 29.1 Å². The number of halogens is 1. The molecule has 156 valence electrons. The average molecular weight is 409 g/mol. The van der Waals surface area contributed by atoms with Crippen molar-refractivity contribution in [2.24, 2.45) is 0 Å². The molecular formula is C23H24FN3O3. The smallest absolute Gasteiger partial charge is 0.322 e. The Kier molecular flexibility index (Phi) is 5.70. The molecule has 0 spiro atoms. The first-order valence-corrected chi connectivity index (χ1v) is 10.1. The molecule has 2 aromatic carbocycles. The molecule has 0 saturated heterocycles. The van der Waals surface area contributed by atoms with Crippen LogP contribution in [0.25, 0.3) is 10.9 Å². The van der Waals surface area contributed by atoms with Crippen LogP contribution in [0.1, 0.15) is 31.2 Å². The molecule has 6 nitrogen and oxygen atoms in total. The third kappa shape index (κ3) is 4.30. The predicted molar refractivity (Wildman–Crippen MR) is 114 cm³/mol. The zero-order chi connectivity index (χ0) is 21.1. The molecule has 1 aromatic heterocycles. The molecule has 30 heavy (non-hydrogen) atoms. The van der Waals surface area contributed by atoms with E-state index >= 15 is 0 Å². The molecule has 0 atom stereocenters. The number of nitrogens with one attached hydrogen (secondary N) is 2. The first-order chi connectivity index (χ1) is 14.5. The predicted octanol–water partition coefficient (Wildman–Crippen LogP) is 4.65. The number of aromatic amines is 1. The number of fused-ring (bicyclic) bond motifs is 1. The number of hydrogen-bond acceptors (Lipinski definition) is 3. The summed E-state index contributed by atoms with van der Waals surface area (Å²) in [5.74, 6) is 0.334. The Morgan fingerprint density at radius 2 is 1.90 bits per heavy atom. The monoisotopic (exact) mass is 409 g/mol. The number of amides is 2. The molecule has 3 aromatic rings. The van der Waals surface area contributed by atoms with Gasteiger partial charge in [-0.05, 0) is 61.4 Å². The number of H-pyrrole nitrogens is 1. The van der Waals surface area contributed by atoms with Crippen LogP contribution in [0.4, 0.5) is 14.9 Å². The zero-order valence-electron chi connectivity index (χ0n) is 16.8. The summed E-state index contributed by atoms with van der Waals surface area (Å²) in [5, 5.41) is 3.67. The van der Waals surface area contributed by atoms with E-state index in [0.717, 1.165) is 31.1 Å². The van der Waals surface area contributed by atoms with Crippen LogP contribution in [0.2, 0.25) is 0 Å². The fraction of sp³-hybridized carbons (Fsp3) is 0.304. The van der Waals surface area contributed by atoms with Gasteiger partial charge in [0.05, 0.1) is 13.7 Å². The van der Waals surface area contributed by atoms with E-state index in [0.29, 0.717) is 22.5 Å². The molecule has 1 aliphatic rings. The van der Waals surface area contributed by atoms with Gasteiger partial charge in [0.15, 0.2) is 0 Å². The van der Waals surface area contributed by atoms with E-state index in [-0.39, 0.29) is 30.0 Å². The quantitative estimate of drug-likeness (QED) is 0.644. The maximum Gasteiger partial charge on any atom is 0.322 e. The van der Waals surface area contributed by atoms with Gasteiger partial charge in [-0.25, -0.2) is 9.18 Å². The molecule has 0 unspecified atom stereocenters. The summed E-state index contributed by atoms with van der Waals surface area (Å²) in [5.41, 5.74) is 1.52. The van der Waals surface area contributed by atoms with Gasteiger partial charge >= 0.3 is 6.03 Å². The number of carbonyl (C=O) groups is 1. The summed E-state index contributed by atoms with van der Waals surface area (Å²) in [6.07, 6.45) is 3.90. The highest BCUT2D eigenvalue weighted by molar-refractivity contribution is 5.89. The van der Waals surface area contributed by atoms with Crippen LogP contribution in [-0.2, 0) is 6.54 Å². The first-order valence-electron chi connectivity index (χ1n) is 10.1. The molecule has 0 bridgehead atoms. The summed E-state index contributed by atoms with van der Waals surface area (Å²) < 4.78 is 18.4. The van der Waals surface area contributed by atoms with Crippen molar-refractivity contribution in [3.05, 3.63) is 70.3 Å². The van der Waals surface area contributed by atoms with E-state index in [1.54, 1.807) is 24.1 Å². The zero-order valence-corrected chi connectivity index (χ0v) is 16.8. The molecule has 0 radical (unpaired) electrons. The standard InChI is InChI=1S/C23H24FN3O3/c1-30-20-10-11-21-15(13-20)12-16(22(28)26-21)14-27(19-4-2-3-5-19)23(29)25-18-8-6-17(24)7-9-18/h6-13,19H,2-5,14H2,1H3,(H,25,29)(H,26,28). The van der Waals surface area contributed by atoms with Gasteiger partial charge in [-0.3, -0.25) is 4.79 Å². The second-order valence-corrected chi connectivity index (χ2v) is 7.58. The Hall–Kier alpha value is -3.35. The van der Waals surface area contributed by atoms with E-state index in [1.165, 1.54) is 24.3 Å². The topological polar surface area (TPSA) is 74.4 Å². The normalized spacial score (nSPS) is 14.1. The minimum Gasteiger partial charge on any atom is -0.497 e. The second kappa shape index (κ2) is 8.57. The number of pyridine rings is 1. The highest BCUT2D eigenvalue weighted by atomic mass is 19.1. The van der Waals surface area contributed by atoms with E-state index in [4.69, 9.17) is 4.74 Å². The summed E-state index contributed by atoms with van der Waals surface area (Å²) in [6, 6.07) is 12.7. The van der Waals surface area contributed by atoms with Gasteiger partial charge < -0.3 is 19.9 Å². The Morgan fingerprint density at radius 1 is 1.17 bits per heavy atom. The number of anilines is 1. The number of aromatic nitrogens is 1. The lowest BCUT2D eigenvalue weighted by molar-refractivity contribution is 0.184. The Bertz CT molecular complexity index is 1100. The number of hydrogen-bond donors (Lipinski definition) is 2. The number of rotatable bonds is 5. The maximum atomic E-state index is 13.2. The van der Waals surface area contributed by atoms with Crippen LogP contribution in [0.15, 0.2) is 53.3 Å². The number of methoxy groups -OCH3 is 1. The summed E-state index contributed by atoms with van der Waals surface area (Å²) in [6.45, 7) is 0.195. The molecule has 2 N–H and O–H groups in total. The first kappa shape index (κ1) is 19.9. The average Bonchev–Trinajstić information content (AvgIpc) is 3.28. The van der Waals surface area contributed by atoms with E-state index in [9.17, 15) is 14.0 Å². The fourth-order valence-electron chi connectivity index (χ4n) is 3.97. The number of carbonyl (C=O) groups excluding carboxylic acids is 1. The van der Waals surface area contributed by atoms with Crippen molar-refractivity contribution in [3.8, 4) is 5.75 Å². The van der Waals surface area contributed by atoms with Crippen molar-refractivity contribution in [1.82, 2.24) is 9.88 Å². The number of nitrogens with zero attached hydrogens (tertiary/aromatic N) is 1. The van der Waals surface area contributed by atoms with Crippen molar-refractivity contribution >= 4 is 22.6 Å². The summed E-state index contributed by atoms with van der Waals surface area (Å²) in [7, 11) is 1.59. The van der Waals surface area contributed by atoms with Crippen LogP contribution in [0.5, 0.6) is 5.75 Å². The molecule has 1 heterocycles. The van der Waals surface area contributed by atoms with Crippen molar-refractivity contribution in [2.75, 3.05) is 12.4 Å². The minimum absolute atomic E-state index is 0.0610. The van der Waals surface area contributed by atoms with Gasteiger partial charge in [-0.1, -0.05) is 12.8 Å². The van der Waals surface area contributed by atoms with Gasteiger partial charge in [-0.2, -0.15) is 0 Å². The van der Waals surface area contributed by atoms with E-state index in [2.05, 4.69) is 10.3 Å². The Labute approximate surface area is 173 Å². The van der Waals surface area contributed by atoms with Crippen LogP contribution < -0.4 is 15.6 Å². The van der Waals surface area contributed by atoms with Crippen LogP contribution in [0, 0.1) is 5.82 Å². The number of benzene rings is 2. The highest BCUT2D eigenvalue weighted by Gasteiger charge is 2.27. The SMILES string of the molecule is COc1ccc2[nH]c(=O)c(CN(C(=O)Nc3ccc(F)cc3)C3CCCC3)cc2c1. The van der Waals surface area contributed by atoms with Gasteiger partial charge in [0.1, 0.15) is 11.6 Å². The summed E-state index contributed by atoms with van der Waals surface area (Å²) in [4.78, 5) is 30.3. The molecular weight excluding hydrogens is 385 g/mol. The lowest BCUT2D eigenvalue weighted by Gasteiger charge is -2.29. The second-order valence-electron chi connectivity index (χ2n) is 7.58. The largest absolute Gasteiger partial charge is 0.497 e. The fourth-order valence-corrected chi connectivity index (χ4v) is 3.97. The Balaban J connectivity index is 1.63. The molecule has 2 amide bonds. The van der Waals surface area contributed by atoms with Gasteiger partial charge in [0.2, 0.25) is 0 Å². The van der Waals surface area contributed by atoms with Crippen LogP contribution in [0.3, 0.4) is 0 Å². The minimum atomic E-state index is -0.362. The van der Waals surface area contributed by atoms with Gasteiger partial charge in [0.25, 0.3) is 5.56 Å². The molecule has 4 rings (SSSR count). The van der Waals surface area contributed by atoms with E-state index in [1.807, 2.05) is 12.1 Å². The van der Waals surface area contributed by atoms with E-state index < -0.39 is 0 Å². The molecule has 1 aliphatic carbocycles. The molecule has 7 heteroatoms. The van der Waals surface area contributed by atoms with Crippen molar-refractivity contribution in [2.45, 2.75) is 38.3 Å². The molecule has 1 fully saturated rings. The van der Waals surface area contributed by atoms with Gasteiger partial charge in [0, 0.05) is 28.2 Å². The molecule has 1 saturated carbocycles. The summed E-state index contributed by atoms with van der Waals surface area (Å²) >= 11 is 0. The van der Waals surface area contributed by atoms with Crippen molar-refractivity contribution in [3.63, 3.8) is 0 Å². The molecule has 0 aliphatic heterocycles. The maximum absolute atomic E-state index is 13.2. The highest BCUT2D eigenvalue weighted by Crippen LogP contribution is 2.26. The van der Waals surface area contributed by atoms with Crippen molar-refractivity contribution in [1.29, 1.82) is 0 Å². The lowest BCUT2D eigenvalue weighted by atomic mass is 10.1. The number of ether oxygens (including phenoxy) is 1. The van der Waals surface area contributed by atoms with Crippen molar-refractivity contribution < 1.29 is 13.9 Å². The third-order valence-electron chi connectivity index (χ3n) is 5.59. The Morgan fingerprint density at radius 3 is 2.60 bits per heavy atom. The number of urea groups is 1.